The SMILES string of the molecule is COc1ccc(C(=O)NC2(C(F)(F)F)NC(=O)N(c3ccc(F)c(Cl)c3)C2=O)cc1OC. The minimum Gasteiger partial charge on any atom is -0.493 e. The number of urea groups is 1. The molecule has 0 bridgehead atoms. The van der Waals surface area contributed by atoms with Gasteiger partial charge in [-0.05, 0) is 36.4 Å². The molecule has 3 rings (SSSR count). The summed E-state index contributed by atoms with van der Waals surface area (Å²) in [5.74, 6) is -3.85. The van der Waals surface area contributed by atoms with E-state index in [0.29, 0.717) is 0 Å². The monoisotopic (exact) mass is 475 g/mol. The third-order valence-electron chi connectivity index (χ3n) is 4.55. The average molecular weight is 476 g/mol. The summed E-state index contributed by atoms with van der Waals surface area (Å²) < 4.78 is 65.4. The van der Waals surface area contributed by atoms with Gasteiger partial charge < -0.3 is 14.8 Å². The average Bonchev–Trinajstić information content (AvgIpc) is 2.99. The van der Waals surface area contributed by atoms with Crippen molar-refractivity contribution in [2.75, 3.05) is 19.1 Å². The van der Waals surface area contributed by atoms with Gasteiger partial charge in [0, 0.05) is 5.56 Å². The Morgan fingerprint density at radius 1 is 1.09 bits per heavy atom. The smallest absolute Gasteiger partial charge is 0.440 e. The Balaban J connectivity index is 2.01. The second kappa shape index (κ2) is 8.19. The van der Waals surface area contributed by atoms with E-state index >= 15 is 0 Å². The minimum atomic E-state index is -5.44. The number of anilines is 1. The van der Waals surface area contributed by atoms with Crippen LogP contribution in [0.3, 0.4) is 0 Å². The molecule has 13 heteroatoms. The molecule has 1 unspecified atom stereocenters. The predicted molar refractivity (Wildman–Crippen MR) is 103 cm³/mol. The number of hydrogen-bond acceptors (Lipinski definition) is 5. The van der Waals surface area contributed by atoms with Crippen LogP contribution in [0.15, 0.2) is 36.4 Å². The molecule has 0 spiro atoms. The van der Waals surface area contributed by atoms with Gasteiger partial charge in [0.15, 0.2) is 11.5 Å². The second-order valence-corrected chi connectivity index (χ2v) is 6.85. The molecule has 0 saturated carbocycles. The number of hydrogen-bond donors (Lipinski definition) is 2. The number of methoxy groups -OCH3 is 2. The standard InChI is InChI=1S/C19H14ClF4N3O5/c1-31-13-6-3-9(7-14(13)32-2)15(28)25-18(19(22,23)24)16(29)27(17(30)26-18)10-4-5-12(21)11(20)8-10/h3-8H,1-2H3,(H,25,28)(H,26,30). The first-order valence-electron chi connectivity index (χ1n) is 8.68. The maximum absolute atomic E-state index is 14.0. The number of rotatable bonds is 5. The van der Waals surface area contributed by atoms with E-state index < -0.39 is 46.2 Å². The Kier molecular flexibility index (Phi) is 5.92. The lowest BCUT2D eigenvalue weighted by Gasteiger charge is -2.30. The highest BCUT2D eigenvalue weighted by molar-refractivity contribution is 6.31. The van der Waals surface area contributed by atoms with Gasteiger partial charge >= 0.3 is 12.2 Å². The van der Waals surface area contributed by atoms with Gasteiger partial charge in [0.1, 0.15) is 5.82 Å². The molecule has 1 atom stereocenters. The summed E-state index contributed by atoms with van der Waals surface area (Å²) in [5, 5.41) is 2.51. The molecule has 2 aromatic rings. The van der Waals surface area contributed by atoms with Gasteiger partial charge in [-0.3, -0.25) is 14.9 Å². The van der Waals surface area contributed by atoms with Crippen molar-refractivity contribution >= 4 is 35.1 Å². The number of amides is 4. The molecule has 170 valence electrons. The molecule has 0 aromatic heterocycles. The van der Waals surface area contributed by atoms with Crippen LogP contribution in [-0.4, -0.2) is 43.9 Å². The van der Waals surface area contributed by atoms with Crippen molar-refractivity contribution < 1.29 is 41.4 Å². The summed E-state index contributed by atoms with van der Waals surface area (Å²) in [6.45, 7) is 0. The van der Waals surface area contributed by atoms with Crippen LogP contribution in [0, 0.1) is 5.82 Å². The van der Waals surface area contributed by atoms with Crippen LogP contribution in [0.4, 0.5) is 28.0 Å². The molecule has 32 heavy (non-hydrogen) atoms. The number of imide groups is 1. The molecule has 4 amide bonds. The minimum absolute atomic E-state index is 0.0468. The number of nitrogens with zero attached hydrogens (tertiary/aromatic N) is 1. The highest BCUT2D eigenvalue weighted by Gasteiger charge is 2.69. The van der Waals surface area contributed by atoms with Crippen LogP contribution >= 0.6 is 11.6 Å². The molecule has 2 N–H and O–H groups in total. The van der Waals surface area contributed by atoms with Crippen molar-refractivity contribution in [2.24, 2.45) is 0 Å². The molecule has 8 nitrogen and oxygen atoms in total. The lowest BCUT2D eigenvalue weighted by Crippen LogP contribution is -2.69. The van der Waals surface area contributed by atoms with Crippen molar-refractivity contribution in [3.05, 3.63) is 52.8 Å². The third-order valence-corrected chi connectivity index (χ3v) is 4.84. The fourth-order valence-electron chi connectivity index (χ4n) is 2.96. The molecule has 2 aromatic carbocycles. The first-order valence-corrected chi connectivity index (χ1v) is 9.06. The summed E-state index contributed by atoms with van der Waals surface area (Å²) in [7, 11) is 2.57. The van der Waals surface area contributed by atoms with E-state index in [2.05, 4.69) is 0 Å². The van der Waals surface area contributed by atoms with Crippen LogP contribution in [0.25, 0.3) is 0 Å². The van der Waals surface area contributed by atoms with Crippen molar-refractivity contribution in [1.29, 1.82) is 0 Å². The van der Waals surface area contributed by atoms with Crippen LogP contribution in [0.2, 0.25) is 5.02 Å². The Morgan fingerprint density at radius 3 is 2.31 bits per heavy atom. The number of carbonyl (C=O) groups excluding carboxylic acids is 3. The summed E-state index contributed by atoms with van der Waals surface area (Å²) in [4.78, 5) is 37.8. The first-order chi connectivity index (χ1) is 14.9. The zero-order valence-corrected chi connectivity index (χ0v) is 17.1. The second-order valence-electron chi connectivity index (χ2n) is 6.44. The number of benzene rings is 2. The molecular weight excluding hydrogens is 462 g/mol. The Hall–Kier alpha value is -3.54. The van der Waals surface area contributed by atoms with Crippen molar-refractivity contribution in [3.8, 4) is 11.5 Å². The Morgan fingerprint density at radius 2 is 1.75 bits per heavy atom. The van der Waals surface area contributed by atoms with Crippen LogP contribution < -0.4 is 25.0 Å². The summed E-state index contributed by atoms with van der Waals surface area (Å²) in [6, 6.07) is 4.47. The molecule has 0 radical (unpaired) electrons. The fraction of sp³-hybridized carbons (Fsp3) is 0.211. The summed E-state index contributed by atoms with van der Waals surface area (Å²) in [6.07, 6.45) is -5.44. The lowest BCUT2D eigenvalue weighted by molar-refractivity contribution is -0.197. The topological polar surface area (TPSA) is 97.0 Å². The van der Waals surface area contributed by atoms with E-state index in [1.165, 1.54) is 25.6 Å². The maximum Gasteiger partial charge on any atom is 0.440 e. The number of ether oxygens (including phenoxy) is 2. The van der Waals surface area contributed by atoms with Crippen LogP contribution in [0.5, 0.6) is 11.5 Å². The van der Waals surface area contributed by atoms with Gasteiger partial charge in [0.2, 0.25) is 0 Å². The van der Waals surface area contributed by atoms with Gasteiger partial charge in [0.25, 0.3) is 17.5 Å². The van der Waals surface area contributed by atoms with Crippen molar-refractivity contribution in [1.82, 2.24) is 10.6 Å². The van der Waals surface area contributed by atoms with Gasteiger partial charge in [-0.25, -0.2) is 14.1 Å². The van der Waals surface area contributed by atoms with E-state index in [1.807, 2.05) is 0 Å². The molecule has 1 fully saturated rings. The van der Waals surface area contributed by atoms with Crippen LogP contribution in [-0.2, 0) is 4.79 Å². The quantitative estimate of drug-likeness (QED) is 0.511. The van der Waals surface area contributed by atoms with E-state index in [9.17, 15) is 31.9 Å². The third kappa shape index (κ3) is 3.77. The van der Waals surface area contributed by atoms with Crippen LogP contribution in [0.1, 0.15) is 10.4 Å². The zero-order chi connectivity index (χ0) is 23.8. The summed E-state index contributed by atoms with van der Waals surface area (Å²) in [5.41, 5.74) is -4.52. The molecule has 1 aliphatic heterocycles. The van der Waals surface area contributed by atoms with Gasteiger partial charge in [-0.2, -0.15) is 13.2 Å². The zero-order valence-electron chi connectivity index (χ0n) is 16.3. The van der Waals surface area contributed by atoms with E-state index in [-0.39, 0.29) is 22.0 Å². The number of alkyl halides is 3. The van der Waals surface area contributed by atoms with Crippen molar-refractivity contribution in [3.63, 3.8) is 0 Å². The van der Waals surface area contributed by atoms with E-state index in [1.54, 1.807) is 5.32 Å². The predicted octanol–water partition coefficient (Wildman–Crippen LogP) is 3.24. The molecule has 1 aliphatic rings. The molecule has 0 aliphatic carbocycles. The fourth-order valence-corrected chi connectivity index (χ4v) is 3.13. The number of carbonyl (C=O) groups is 3. The number of halogens is 5. The van der Waals surface area contributed by atoms with E-state index in [0.717, 1.165) is 30.3 Å². The Labute approximate surface area is 183 Å². The first kappa shape index (κ1) is 23.1. The highest BCUT2D eigenvalue weighted by Crippen LogP contribution is 2.37. The highest BCUT2D eigenvalue weighted by atomic mass is 35.5. The molecule has 1 heterocycles. The van der Waals surface area contributed by atoms with Gasteiger partial charge in [-0.1, -0.05) is 11.6 Å². The lowest BCUT2D eigenvalue weighted by atomic mass is 10.1. The maximum atomic E-state index is 14.0. The number of nitrogens with one attached hydrogen (secondary N) is 2. The molecular formula is C19H14ClF4N3O5. The van der Waals surface area contributed by atoms with Crippen molar-refractivity contribution in [2.45, 2.75) is 11.8 Å². The Bertz CT molecular complexity index is 1110. The van der Waals surface area contributed by atoms with Gasteiger partial charge in [-0.15, -0.1) is 0 Å². The normalized spacial score (nSPS) is 18.4. The summed E-state index contributed by atoms with van der Waals surface area (Å²) >= 11 is 5.61. The largest absolute Gasteiger partial charge is 0.493 e. The van der Waals surface area contributed by atoms with E-state index in [4.69, 9.17) is 21.1 Å². The molecule has 1 saturated heterocycles. The van der Waals surface area contributed by atoms with Gasteiger partial charge in [0.05, 0.1) is 24.9 Å².